The van der Waals surface area contributed by atoms with Gasteiger partial charge in [0.1, 0.15) is 0 Å². The first-order valence-electron chi connectivity index (χ1n) is 5.31. The predicted molar refractivity (Wildman–Crippen MR) is 72.5 cm³/mol. The summed E-state index contributed by atoms with van der Waals surface area (Å²) in [6.07, 6.45) is 1.44. The van der Waals surface area contributed by atoms with Crippen LogP contribution in [0.15, 0.2) is 30.5 Å². The molecule has 9 heteroatoms. The van der Waals surface area contributed by atoms with Crippen molar-refractivity contribution in [2.45, 2.75) is 0 Å². The number of nitrogens with two attached hydrogens (primary N) is 1. The zero-order chi connectivity index (χ0) is 14.7. The van der Waals surface area contributed by atoms with Crippen molar-refractivity contribution in [2.24, 2.45) is 0 Å². The molecule has 2 aromatic rings. The SMILES string of the molecule is Nc1c(Cl)cc([N+](=O)[O-])cc1C(=O)Nc1cccnn1. The summed E-state index contributed by atoms with van der Waals surface area (Å²) in [6, 6.07) is 5.22. The molecule has 0 aliphatic heterocycles. The van der Waals surface area contributed by atoms with Crippen molar-refractivity contribution in [3.8, 4) is 0 Å². The molecule has 0 bridgehead atoms. The number of nitrogens with one attached hydrogen (secondary N) is 1. The molecule has 0 aliphatic rings. The van der Waals surface area contributed by atoms with E-state index in [0.717, 1.165) is 12.1 Å². The molecule has 0 unspecified atom stereocenters. The molecule has 1 amide bonds. The Morgan fingerprint density at radius 2 is 2.20 bits per heavy atom. The second-order valence-electron chi connectivity index (χ2n) is 3.71. The zero-order valence-corrected chi connectivity index (χ0v) is 10.7. The van der Waals surface area contributed by atoms with E-state index in [9.17, 15) is 14.9 Å². The highest BCUT2D eigenvalue weighted by atomic mass is 35.5. The third-order valence-corrected chi connectivity index (χ3v) is 2.70. The molecule has 0 spiro atoms. The number of non-ortho nitro benzene ring substituents is 1. The molecule has 2 rings (SSSR count). The van der Waals surface area contributed by atoms with Crippen LogP contribution in [-0.4, -0.2) is 21.0 Å². The first-order chi connectivity index (χ1) is 9.49. The van der Waals surface area contributed by atoms with Gasteiger partial charge in [-0.2, -0.15) is 5.10 Å². The van der Waals surface area contributed by atoms with E-state index in [4.69, 9.17) is 17.3 Å². The van der Waals surface area contributed by atoms with E-state index < -0.39 is 10.8 Å². The maximum Gasteiger partial charge on any atom is 0.271 e. The lowest BCUT2D eigenvalue weighted by atomic mass is 10.1. The van der Waals surface area contributed by atoms with Crippen LogP contribution < -0.4 is 11.1 Å². The van der Waals surface area contributed by atoms with Crippen molar-refractivity contribution in [1.82, 2.24) is 10.2 Å². The zero-order valence-electron chi connectivity index (χ0n) is 9.91. The third-order valence-electron chi connectivity index (χ3n) is 2.38. The average molecular weight is 294 g/mol. The normalized spacial score (nSPS) is 10.1. The minimum atomic E-state index is -0.662. The number of carbonyl (C=O) groups excluding carboxylic acids is 1. The lowest BCUT2D eigenvalue weighted by molar-refractivity contribution is -0.384. The lowest BCUT2D eigenvalue weighted by Crippen LogP contribution is -2.15. The fraction of sp³-hybridized carbons (Fsp3) is 0. The van der Waals surface area contributed by atoms with Crippen molar-refractivity contribution in [3.05, 3.63) is 51.2 Å². The highest BCUT2D eigenvalue weighted by Gasteiger charge is 2.19. The van der Waals surface area contributed by atoms with Gasteiger partial charge in [-0.3, -0.25) is 14.9 Å². The number of carbonyl (C=O) groups is 1. The molecule has 0 radical (unpaired) electrons. The van der Waals surface area contributed by atoms with Crippen molar-refractivity contribution < 1.29 is 9.72 Å². The number of aromatic nitrogens is 2. The average Bonchev–Trinajstić information content (AvgIpc) is 2.42. The summed E-state index contributed by atoms with van der Waals surface area (Å²) in [5.74, 6) is -0.465. The minimum Gasteiger partial charge on any atom is -0.397 e. The molecule has 8 nitrogen and oxygen atoms in total. The van der Waals surface area contributed by atoms with E-state index in [-0.39, 0.29) is 27.8 Å². The fourth-order valence-electron chi connectivity index (χ4n) is 1.45. The Morgan fingerprint density at radius 3 is 2.80 bits per heavy atom. The number of nitrogens with zero attached hydrogens (tertiary/aromatic N) is 3. The van der Waals surface area contributed by atoms with Gasteiger partial charge in [-0.1, -0.05) is 11.6 Å². The second-order valence-corrected chi connectivity index (χ2v) is 4.12. The van der Waals surface area contributed by atoms with Gasteiger partial charge in [0.25, 0.3) is 11.6 Å². The van der Waals surface area contributed by atoms with Gasteiger partial charge in [-0.05, 0) is 12.1 Å². The quantitative estimate of drug-likeness (QED) is 0.505. The van der Waals surface area contributed by atoms with Gasteiger partial charge in [-0.15, -0.1) is 5.10 Å². The van der Waals surface area contributed by atoms with E-state index in [0.29, 0.717) is 0 Å². The summed E-state index contributed by atoms with van der Waals surface area (Å²) in [7, 11) is 0. The highest BCUT2D eigenvalue weighted by Crippen LogP contribution is 2.29. The first-order valence-corrected chi connectivity index (χ1v) is 5.69. The number of nitrogen functional groups attached to an aromatic ring is 1. The topological polar surface area (TPSA) is 124 Å². The summed E-state index contributed by atoms with van der Waals surface area (Å²) in [4.78, 5) is 22.1. The van der Waals surface area contributed by atoms with Gasteiger partial charge in [0.2, 0.25) is 0 Å². The number of rotatable bonds is 3. The van der Waals surface area contributed by atoms with Crippen LogP contribution in [0.2, 0.25) is 5.02 Å². The Kier molecular flexibility index (Phi) is 3.76. The third kappa shape index (κ3) is 2.81. The smallest absolute Gasteiger partial charge is 0.271 e. The van der Waals surface area contributed by atoms with Crippen molar-refractivity contribution >= 4 is 34.7 Å². The van der Waals surface area contributed by atoms with Crippen molar-refractivity contribution in [2.75, 3.05) is 11.1 Å². The molecule has 1 aromatic carbocycles. The fourth-order valence-corrected chi connectivity index (χ4v) is 1.66. The lowest BCUT2D eigenvalue weighted by Gasteiger charge is -2.07. The number of halogens is 1. The summed E-state index contributed by atoms with van der Waals surface area (Å²) >= 11 is 5.77. The highest BCUT2D eigenvalue weighted by molar-refractivity contribution is 6.34. The van der Waals surface area contributed by atoms with Crippen LogP contribution in [0.4, 0.5) is 17.2 Å². The van der Waals surface area contributed by atoms with Gasteiger partial charge in [-0.25, -0.2) is 0 Å². The monoisotopic (exact) mass is 293 g/mol. The number of nitro groups is 1. The van der Waals surface area contributed by atoms with Crippen LogP contribution in [0.25, 0.3) is 0 Å². The van der Waals surface area contributed by atoms with E-state index in [1.54, 1.807) is 6.07 Å². The molecule has 0 saturated heterocycles. The summed E-state index contributed by atoms with van der Waals surface area (Å²) < 4.78 is 0. The molecule has 102 valence electrons. The number of benzene rings is 1. The molecule has 1 aromatic heterocycles. The minimum absolute atomic E-state index is 0.0429. The number of nitro benzene ring substituents is 1. The Labute approximate surface area is 117 Å². The Hall–Kier alpha value is -2.74. The second kappa shape index (κ2) is 5.49. The number of amides is 1. The molecular formula is C11H8ClN5O3. The van der Waals surface area contributed by atoms with Gasteiger partial charge in [0, 0.05) is 18.3 Å². The molecular weight excluding hydrogens is 286 g/mol. The molecule has 0 atom stereocenters. The first kappa shape index (κ1) is 13.7. The maximum atomic E-state index is 12.0. The van der Waals surface area contributed by atoms with Crippen molar-refractivity contribution in [1.29, 1.82) is 0 Å². The Morgan fingerprint density at radius 1 is 1.45 bits per heavy atom. The Bertz CT molecular complexity index is 677. The van der Waals surface area contributed by atoms with E-state index >= 15 is 0 Å². The Balaban J connectivity index is 2.36. The van der Waals surface area contributed by atoms with Gasteiger partial charge < -0.3 is 11.1 Å². The predicted octanol–water partition coefficient (Wildman–Crippen LogP) is 1.87. The molecule has 3 N–H and O–H groups in total. The molecule has 0 aliphatic carbocycles. The van der Waals surface area contributed by atoms with Crippen LogP contribution in [0.5, 0.6) is 0 Å². The summed E-state index contributed by atoms with van der Waals surface area (Å²) in [5.41, 5.74) is 5.18. The summed E-state index contributed by atoms with van der Waals surface area (Å²) in [6.45, 7) is 0. The van der Waals surface area contributed by atoms with Crippen LogP contribution in [0.3, 0.4) is 0 Å². The molecule has 0 fully saturated rings. The maximum absolute atomic E-state index is 12.0. The van der Waals surface area contributed by atoms with Crippen LogP contribution in [0.1, 0.15) is 10.4 Å². The van der Waals surface area contributed by atoms with Gasteiger partial charge >= 0.3 is 0 Å². The largest absolute Gasteiger partial charge is 0.397 e. The van der Waals surface area contributed by atoms with E-state index in [2.05, 4.69) is 15.5 Å². The molecule has 1 heterocycles. The molecule has 0 saturated carbocycles. The number of hydrogen-bond donors (Lipinski definition) is 2. The molecule has 20 heavy (non-hydrogen) atoms. The number of hydrogen-bond acceptors (Lipinski definition) is 6. The van der Waals surface area contributed by atoms with E-state index in [1.165, 1.54) is 12.3 Å². The van der Waals surface area contributed by atoms with Crippen LogP contribution >= 0.6 is 11.6 Å². The van der Waals surface area contributed by atoms with Gasteiger partial charge in [0.15, 0.2) is 5.82 Å². The summed E-state index contributed by atoms with van der Waals surface area (Å²) in [5, 5.41) is 20.4. The number of anilines is 2. The van der Waals surface area contributed by atoms with E-state index in [1.807, 2.05) is 0 Å². The van der Waals surface area contributed by atoms with Gasteiger partial charge in [0.05, 0.1) is 21.2 Å². The van der Waals surface area contributed by atoms with Crippen LogP contribution in [0, 0.1) is 10.1 Å². The van der Waals surface area contributed by atoms with Crippen LogP contribution in [-0.2, 0) is 0 Å². The standard InChI is InChI=1S/C11H8ClN5O3/c12-8-5-6(17(19)20)4-7(10(8)13)11(18)15-9-2-1-3-14-16-9/h1-5H,13H2,(H,15,16,18). The van der Waals surface area contributed by atoms with Crippen molar-refractivity contribution in [3.63, 3.8) is 0 Å².